The van der Waals surface area contributed by atoms with Gasteiger partial charge in [0.2, 0.25) is 0 Å². The zero-order valence-corrected chi connectivity index (χ0v) is 11.7. The summed E-state index contributed by atoms with van der Waals surface area (Å²) < 4.78 is 3.75. The van der Waals surface area contributed by atoms with Gasteiger partial charge in [-0.3, -0.25) is 0 Å². The van der Waals surface area contributed by atoms with Gasteiger partial charge in [-0.1, -0.05) is 15.9 Å². The predicted molar refractivity (Wildman–Crippen MR) is 76.0 cm³/mol. The van der Waals surface area contributed by atoms with Crippen LogP contribution in [0.1, 0.15) is 5.69 Å². The van der Waals surface area contributed by atoms with E-state index in [1.54, 1.807) is 12.5 Å². The molecule has 0 saturated carbocycles. The van der Waals surface area contributed by atoms with Gasteiger partial charge in [-0.25, -0.2) is 9.97 Å². The largest absolute Gasteiger partial charge is 0.331 e. The number of rotatable bonds is 2. The molecule has 90 valence electrons. The molecular weight excluding hydrogens is 312 g/mol. The first-order chi connectivity index (χ1) is 8.74. The third kappa shape index (κ3) is 2.09. The van der Waals surface area contributed by atoms with E-state index in [1.165, 1.54) is 0 Å². The van der Waals surface area contributed by atoms with Crippen LogP contribution < -0.4 is 0 Å². The minimum absolute atomic E-state index is 0.637. The number of fused-ring (bicyclic) bond motifs is 1. The van der Waals surface area contributed by atoms with Crippen LogP contribution in [0.3, 0.4) is 0 Å². The van der Waals surface area contributed by atoms with Gasteiger partial charge in [-0.2, -0.15) is 0 Å². The minimum Gasteiger partial charge on any atom is -0.331 e. The van der Waals surface area contributed by atoms with Crippen molar-refractivity contribution in [2.45, 2.75) is 6.54 Å². The summed E-state index contributed by atoms with van der Waals surface area (Å²) in [5, 5.41) is 0. The van der Waals surface area contributed by atoms with Crippen LogP contribution in [-0.2, 0) is 6.54 Å². The minimum atomic E-state index is 0.637. The van der Waals surface area contributed by atoms with E-state index in [2.05, 4.69) is 30.9 Å². The lowest BCUT2D eigenvalue weighted by Crippen LogP contribution is -2.01. The summed E-state index contributed by atoms with van der Waals surface area (Å²) in [5.74, 6) is 0. The Labute approximate surface area is 117 Å². The Kier molecular flexibility index (Phi) is 2.97. The zero-order chi connectivity index (χ0) is 12.5. The first-order valence-corrected chi connectivity index (χ1v) is 6.57. The van der Waals surface area contributed by atoms with E-state index in [1.807, 2.05) is 28.8 Å². The number of nitrogens with zero attached hydrogens (tertiary/aromatic N) is 3. The highest BCUT2D eigenvalue weighted by Crippen LogP contribution is 2.20. The molecule has 6 heteroatoms. The summed E-state index contributed by atoms with van der Waals surface area (Å²) in [7, 11) is 0. The summed E-state index contributed by atoms with van der Waals surface area (Å²) in [4.78, 5) is 11.3. The van der Waals surface area contributed by atoms with Gasteiger partial charge in [-0.05, 0) is 36.5 Å². The Hall–Kier alpha value is -1.53. The summed E-state index contributed by atoms with van der Waals surface area (Å²) in [6.07, 6.45) is 3.28. The molecule has 0 radical (unpaired) electrons. The van der Waals surface area contributed by atoms with Crippen LogP contribution in [0.15, 0.2) is 41.3 Å². The highest BCUT2D eigenvalue weighted by atomic mass is 79.9. The number of aromatic amines is 1. The molecule has 0 unspecified atom stereocenters. The van der Waals surface area contributed by atoms with E-state index < -0.39 is 0 Å². The van der Waals surface area contributed by atoms with Crippen molar-refractivity contribution >= 4 is 39.2 Å². The van der Waals surface area contributed by atoms with Crippen molar-refractivity contribution in [2.75, 3.05) is 0 Å². The molecule has 1 N–H and O–H groups in total. The second-order valence-corrected chi connectivity index (χ2v) is 5.18. The van der Waals surface area contributed by atoms with Gasteiger partial charge in [-0.15, -0.1) is 0 Å². The maximum absolute atomic E-state index is 5.34. The molecular formula is C12H9BrN4S. The highest BCUT2D eigenvalue weighted by Gasteiger charge is 2.06. The second-order valence-electron chi connectivity index (χ2n) is 3.88. The molecule has 0 fully saturated rings. The third-order valence-electron chi connectivity index (χ3n) is 2.70. The van der Waals surface area contributed by atoms with Crippen LogP contribution >= 0.6 is 28.1 Å². The SMILES string of the molecule is S=c1[nH]c2ccc(Br)cc2n1Cc1ccncn1. The van der Waals surface area contributed by atoms with E-state index >= 15 is 0 Å². The Morgan fingerprint density at radius 2 is 2.22 bits per heavy atom. The summed E-state index contributed by atoms with van der Waals surface area (Å²) in [6, 6.07) is 7.93. The summed E-state index contributed by atoms with van der Waals surface area (Å²) >= 11 is 8.82. The van der Waals surface area contributed by atoms with Crippen molar-refractivity contribution in [2.24, 2.45) is 0 Å². The molecule has 0 aliphatic heterocycles. The van der Waals surface area contributed by atoms with Gasteiger partial charge in [0.1, 0.15) is 6.33 Å². The quantitative estimate of drug-likeness (QED) is 0.737. The molecule has 2 heterocycles. The molecule has 18 heavy (non-hydrogen) atoms. The van der Waals surface area contributed by atoms with Gasteiger partial charge >= 0.3 is 0 Å². The van der Waals surface area contributed by atoms with Crippen LogP contribution in [0.4, 0.5) is 0 Å². The summed E-state index contributed by atoms with van der Waals surface area (Å²) in [5.41, 5.74) is 3.02. The van der Waals surface area contributed by atoms with Crippen molar-refractivity contribution in [1.82, 2.24) is 19.5 Å². The van der Waals surface area contributed by atoms with Crippen LogP contribution in [0, 0.1) is 4.77 Å². The number of hydrogen-bond donors (Lipinski definition) is 1. The molecule has 0 saturated heterocycles. The Morgan fingerprint density at radius 1 is 1.33 bits per heavy atom. The molecule has 0 aliphatic rings. The van der Waals surface area contributed by atoms with Crippen molar-refractivity contribution < 1.29 is 0 Å². The topological polar surface area (TPSA) is 46.5 Å². The number of imidazole rings is 1. The fraction of sp³-hybridized carbons (Fsp3) is 0.0833. The number of H-pyrrole nitrogens is 1. The molecule has 4 nitrogen and oxygen atoms in total. The van der Waals surface area contributed by atoms with Crippen LogP contribution in [0.2, 0.25) is 0 Å². The number of halogens is 1. The average molecular weight is 321 g/mol. The van der Waals surface area contributed by atoms with E-state index in [4.69, 9.17) is 12.2 Å². The molecule has 0 aliphatic carbocycles. The van der Waals surface area contributed by atoms with E-state index in [9.17, 15) is 0 Å². The Bertz CT molecular complexity index is 748. The third-order valence-corrected chi connectivity index (χ3v) is 3.52. The molecule has 0 spiro atoms. The highest BCUT2D eigenvalue weighted by molar-refractivity contribution is 9.10. The Balaban J connectivity index is 2.14. The van der Waals surface area contributed by atoms with E-state index in [0.717, 1.165) is 21.2 Å². The van der Waals surface area contributed by atoms with Gasteiger partial charge in [0.05, 0.1) is 23.3 Å². The van der Waals surface area contributed by atoms with Gasteiger partial charge in [0.15, 0.2) is 4.77 Å². The normalized spacial score (nSPS) is 10.9. The monoisotopic (exact) mass is 320 g/mol. The number of benzene rings is 1. The fourth-order valence-corrected chi connectivity index (χ4v) is 2.48. The number of hydrogen-bond acceptors (Lipinski definition) is 3. The summed E-state index contributed by atoms with van der Waals surface area (Å²) in [6.45, 7) is 0.637. The van der Waals surface area contributed by atoms with E-state index in [0.29, 0.717) is 11.3 Å². The van der Waals surface area contributed by atoms with Crippen molar-refractivity contribution in [3.05, 3.63) is 51.7 Å². The van der Waals surface area contributed by atoms with Crippen LogP contribution in [0.25, 0.3) is 11.0 Å². The zero-order valence-electron chi connectivity index (χ0n) is 9.30. The number of nitrogens with one attached hydrogen (secondary N) is 1. The lowest BCUT2D eigenvalue weighted by atomic mass is 10.3. The Morgan fingerprint density at radius 3 is 3.00 bits per heavy atom. The lowest BCUT2D eigenvalue weighted by molar-refractivity contribution is 0.780. The second kappa shape index (κ2) is 4.62. The average Bonchev–Trinajstić information content (AvgIpc) is 2.67. The van der Waals surface area contributed by atoms with Crippen LogP contribution in [0.5, 0.6) is 0 Å². The van der Waals surface area contributed by atoms with Gasteiger partial charge in [0.25, 0.3) is 0 Å². The maximum atomic E-state index is 5.34. The molecule has 1 aromatic carbocycles. The first-order valence-electron chi connectivity index (χ1n) is 5.37. The number of aromatic nitrogens is 4. The van der Waals surface area contributed by atoms with Gasteiger partial charge in [0, 0.05) is 10.7 Å². The molecule has 0 amide bonds. The van der Waals surface area contributed by atoms with Crippen LogP contribution in [-0.4, -0.2) is 19.5 Å². The van der Waals surface area contributed by atoms with Crippen molar-refractivity contribution in [1.29, 1.82) is 0 Å². The molecule has 2 aromatic heterocycles. The van der Waals surface area contributed by atoms with E-state index in [-0.39, 0.29) is 0 Å². The smallest absolute Gasteiger partial charge is 0.178 e. The molecule has 0 bridgehead atoms. The van der Waals surface area contributed by atoms with Gasteiger partial charge < -0.3 is 9.55 Å². The molecule has 0 atom stereocenters. The standard InChI is InChI=1S/C12H9BrN4S/c13-8-1-2-10-11(5-8)17(12(18)16-10)6-9-3-4-14-7-15-9/h1-5,7H,6H2,(H,16,18). The molecule has 3 aromatic rings. The van der Waals surface area contributed by atoms with Crippen molar-refractivity contribution in [3.63, 3.8) is 0 Å². The molecule has 3 rings (SSSR count). The predicted octanol–water partition coefficient (Wildman–Crippen LogP) is 3.30. The first kappa shape index (κ1) is 11.6. The lowest BCUT2D eigenvalue weighted by Gasteiger charge is -2.03. The fourth-order valence-electron chi connectivity index (χ4n) is 1.86. The maximum Gasteiger partial charge on any atom is 0.178 e. The van der Waals surface area contributed by atoms with Crippen molar-refractivity contribution in [3.8, 4) is 0 Å².